The summed E-state index contributed by atoms with van der Waals surface area (Å²) in [6.45, 7) is 6.47. The van der Waals surface area contributed by atoms with E-state index < -0.39 is 6.10 Å². The van der Waals surface area contributed by atoms with E-state index in [2.05, 4.69) is 106 Å². The van der Waals surface area contributed by atoms with Gasteiger partial charge in [-0.25, -0.2) is 0 Å². The van der Waals surface area contributed by atoms with Crippen molar-refractivity contribution in [3.8, 4) is 0 Å². The van der Waals surface area contributed by atoms with E-state index in [0.29, 0.717) is 19.3 Å². The van der Waals surface area contributed by atoms with Gasteiger partial charge in [-0.3, -0.25) is 14.4 Å². The van der Waals surface area contributed by atoms with Crippen LogP contribution < -0.4 is 0 Å². The third kappa shape index (κ3) is 55.5. The third-order valence-corrected chi connectivity index (χ3v) is 12.6. The number of esters is 3. The second-order valence-electron chi connectivity index (χ2n) is 19.5. The SMILES string of the molecule is CC/C=C\C/C=C\C/C=C\C/C=C\C/C=C\CCCCCCCCCCCCCCCC(=O)OCC(COC(=O)CCCCCCCCCCC)OC(=O)CCCCCCC/C=C\C/C=C\CCCC. The van der Waals surface area contributed by atoms with Crippen LogP contribution in [0.5, 0.6) is 0 Å². The minimum Gasteiger partial charge on any atom is -0.462 e. The lowest BCUT2D eigenvalue weighted by Crippen LogP contribution is -2.30. The fraction of sp³-hybridized carbons (Fsp3) is 0.734. The van der Waals surface area contributed by atoms with Gasteiger partial charge in [0.15, 0.2) is 6.10 Å². The molecule has 0 heterocycles. The van der Waals surface area contributed by atoms with Crippen molar-refractivity contribution in [1.82, 2.24) is 0 Å². The van der Waals surface area contributed by atoms with Crippen LogP contribution in [-0.2, 0) is 28.6 Å². The Balaban J connectivity index is 4.15. The molecule has 0 aromatic rings. The Bertz CT molecular complexity index is 1350. The number of ether oxygens (including phenoxy) is 3. The molecule has 0 saturated carbocycles. The molecule has 0 aliphatic rings. The Hall–Kier alpha value is -3.41. The van der Waals surface area contributed by atoms with Gasteiger partial charge >= 0.3 is 17.9 Å². The van der Waals surface area contributed by atoms with E-state index >= 15 is 0 Å². The lowest BCUT2D eigenvalue weighted by Gasteiger charge is -2.18. The van der Waals surface area contributed by atoms with Gasteiger partial charge in [0.25, 0.3) is 0 Å². The molecule has 1 unspecified atom stereocenters. The molecular weight excluding hydrogens is 865 g/mol. The summed E-state index contributed by atoms with van der Waals surface area (Å²) in [7, 11) is 0. The minimum atomic E-state index is -0.781. The summed E-state index contributed by atoms with van der Waals surface area (Å²) in [6.07, 6.45) is 75.9. The molecule has 0 aromatic carbocycles. The largest absolute Gasteiger partial charge is 0.462 e. The van der Waals surface area contributed by atoms with Crippen molar-refractivity contribution in [3.05, 3.63) is 85.1 Å². The van der Waals surface area contributed by atoms with E-state index in [1.54, 1.807) is 0 Å². The lowest BCUT2D eigenvalue weighted by atomic mass is 10.0. The number of unbranched alkanes of at least 4 members (excludes halogenated alkanes) is 28. The molecule has 0 fully saturated rings. The molecule has 0 N–H and O–H groups in total. The summed E-state index contributed by atoms with van der Waals surface area (Å²) >= 11 is 0. The van der Waals surface area contributed by atoms with Crippen LogP contribution in [0, 0.1) is 0 Å². The summed E-state index contributed by atoms with van der Waals surface area (Å²) in [5.41, 5.74) is 0. The molecule has 0 aliphatic carbocycles. The molecule has 0 aromatic heterocycles. The van der Waals surface area contributed by atoms with E-state index in [-0.39, 0.29) is 31.1 Å². The van der Waals surface area contributed by atoms with Crippen molar-refractivity contribution in [2.75, 3.05) is 13.2 Å². The van der Waals surface area contributed by atoms with Gasteiger partial charge < -0.3 is 14.2 Å². The molecule has 6 heteroatoms. The van der Waals surface area contributed by atoms with Crippen molar-refractivity contribution in [2.24, 2.45) is 0 Å². The number of hydrogen-bond donors (Lipinski definition) is 0. The molecule has 0 spiro atoms. The summed E-state index contributed by atoms with van der Waals surface area (Å²) in [5, 5.41) is 0. The van der Waals surface area contributed by atoms with E-state index in [1.807, 2.05) is 0 Å². The Morgan fingerprint density at radius 1 is 0.300 bits per heavy atom. The first-order chi connectivity index (χ1) is 34.5. The molecule has 0 bridgehead atoms. The maximum absolute atomic E-state index is 12.8. The fourth-order valence-electron chi connectivity index (χ4n) is 8.19. The molecule has 70 heavy (non-hydrogen) atoms. The summed E-state index contributed by atoms with van der Waals surface area (Å²) < 4.78 is 16.8. The fourth-order valence-corrected chi connectivity index (χ4v) is 8.19. The average molecular weight is 976 g/mol. The zero-order valence-corrected chi connectivity index (χ0v) is 46.0. The highest BCUT2D eigenvalue weighted by molar-refractivity contribution is 5.71. The smallest absolute Gasteiger partial charge is 0.306 e. The van der Waals surface area contributed by atoms with Crippen LogP contribution in [0.4, 0.5) is 0 Å². The molecular formula is C64H110O6. The first kappa shape index (κ1) is 66.6. The standard InChI is InChI=1S/C64H110O6/c1-4-7-10-13-16-19-21-23-25-26-27-28-29-30-31-32-33-34-35-36-37-38-39-41-42-45-48-51-54-57-63(66)69-60-61(59-68-62(65)56-53-50-47-44-18-15-12-9-6-3)70-64(67)58-55-52-49-46-43-40-24-22-20-17-14-11-8-5-2/h7,10,14,16-17,19,22-25,27-28,30-31,61H,4-6,8-9,11-13,15,18,20-21,26,29,32-60H2,1-3H3/b10-7-,17-14-,19-16-,24-22-,25-23-,28-27-,31-30-. The van der Waals surface area contributed by atoms with Gasteiger partial charge in [-0.05, 0) is 89.9 Å². The predicted octanol–water partition coefficient (Wildman–Crippen LogP) is 19.9. The number of hydrogen-bond acceptors (Lipinski definition) is 6. The third-order valence-electron chi connectivity index (χ3n) is 12.6. The van der Waals surface area contributed by atoms with Crippen LogP contribution in [0.25, 0.3) is 0 Å². The van der Waals surface area contributed by atoms with Gasteiger partial charge in [0.2, 0.25) is 0 Å². The second-order valence-corrected chi connectivity index (χ2v) is 19.5. The molecule has 0 saturated heterocycles. The van der Waals surface area contributed by atoms with Crippen molar-refractivity contribution < 1.29 is 28.6 Å². The quantitative estimate of drug-likeness (QED) is 0.0261. The van der Waals surface area contributed by atoms with Crippen molar-refractivity contribution >= 4 is 17.9 Å². The minimum absolute atomic E-state index is 0.0796. The van der Waals surface area contributed by atoms with E-state index in [0.717, 1.165) is 116 Å². The lowest BCUT2D eigenvalue weighted by molar-refractivity contribution is -0.167. The first-order valence-corrected chi connectivity index (χ1v) is 29.6. The molecule has 0 aliphatic heterocycles. The topological polar surface area (TPSA) is 78.9 Å². The highest BCUT2D eigenvalue weighted by atomic mass is 16.6. The average Bonchev–Trinajstić information content (AvgIpc) is 3.36. The molecule has 6 nitrogen and oxygen atoms in total. The van der Waals surface area contributed by atoms with Crippen LogP contribution in [0.2, 0.25) is 0 Å². The van der Waals surface area contributed by atoms with E-state index in [4.69, 9.17) is 14.2 Å². The monoisotopic (exact) mass is 975 g/mol. The van der Waals surface area contributed by atoms with Crippen LogP contribution in [-0.4, -0.2) is 37.2 Å². The van der Waals surface area contributed by atoms with Crippen molar-refractivity contribution in [2.45, 2.75) is 290 Å². The van der Waals surface area contributed by atoms with E-state index in [1.165, 1.54) is 128 Å². The molecule has 0 amide bonds. The summed E-state index contributed by atoms with van der Waals surface area (Å²) in [6, 6.07) is 0. The van der Waals surface area contributed by atoms with Gasteiger partial charge in [0, 0.05) is 19.3 Å². The maximum atomic E-state index is 12.8. The number of carbonyl (C=O) groups is 3. The van der Waals surface area contributed by atoms with Gasteiger partial charge in [-0.1, -0.05) is 260 Å². The Morgan fingerprint density at radius 3 is 0.914 bits per heavy atom. The zero-order valence-electron chi connectivity index (χ0n) is 46.0. The Labute approximate surface area is 433 Å². The second kappa shape index (κ2) is 58.2. The maximum Gasteiger partial charge on any atom is 0.306 e. The molecule has 0 radical (unpaired) electrons. The summed E-state index contributed by atoms with van der Waals surface area (Å²) in [4.78, 5) is 38.0. The van der Waals surface area contributed by atoms with Gasteiger partial charge in [-0.2, -0.15) is 0 Å². The highest BCUT2D eigenvalue weighted by Crippen LogP contribution is 2.16. The highest BCUT2D eigenvalue weighted by Gasteiger charge is 2.19. The van der Waals surface area contributed by atoms with Gasteiger partial charge in [0.05, 0.1) is 0 Å². The van der Waals surface area contributed by atoms with Crippen LogP contribution in [0.3, 0.4) is 0 Å². The Morgan fingerprint density at radius 2 is 0.571 bits per heavy atom. The molecule has 1 atom stereocenters. The van der Waals surface area contributed by atoms with Crippen LogP contribution in [0.15, 0.2) is 85.1 Å². The molecule has 402 valence electrons. The first-order valence-electron chi connectivity index (χ1n) is 29.6. The van der Waals surface area contributed by atoms with Crippen molar-refractivity contribution in [1.29, 1.82) is 0 Å². The molecule has 0 rings (SSSR count). The number of allylic oxidation sites excluding steroid dienone is 14. The van der Waals surface area contributed by atoms with E-state index in [9.17, 15) is 14.4 Å². The van der Waals surface area contributed by atoms with Crippen LogP contribution in [0.1, 0.15) is 284 Å². The van der Waals surface area contributed by atoms with Crippen LogP contribution >= 0.6 is 0 Å². The van der Waals surface area contributed by atoms with Crippen molar-refractivity contribution in [3.63, 3.8) is 0 Å². The summed E-state index contributed by atoms with van der Waals surface area (Å²) in [5.74, 6) is -0.891. The van der Waals surface area contributed by atoms with Gasteiger partial charge in [0.1, 0.15) is 13.2 Å². The number of rotatable bonds is 53. The predicted molar refractivity (Wildman–Crippen MR) is 302 cm³/mol. The van der Waals surface area contributed by atoms with Gasteiger partial charge in [-0.15, -0.1) is 0 Å². The number of carbonyl (C=O) groups excluding carboxylic acids is 3. The zero-order chi connectivity index (χ0) is 50.7. The normalized spacial score (nSPS) is 12.7. The Kier molecular flexibility index (Phi) is 55.3.